The largest absolute Gasteiger partial charge is 0.484 e. The molecule has 154 valence electrons. The molecule has 29 heavy (non-hydrogen) atoms. The average molecular weight is 400 g/mol. The lowest BCUT2D eigenvalue weighted by molar-refractivity contribution is -0.136. The number of benzene rings is 1. The second kappa shape index (κ2) is 8.91. The van der Waals surface area contributed by atoms with Crippen LogP contribution in [0.3, 0.4) is 0 Å². The number of primary amides is 1. The number of allylic oxidation sites excluding steroid dienone is 1. The van der Waals surface area contributed by atoms with Gasteiger partial charge in [0.1, 0.15) is 5.75 Å². The summed E-state index contributed by atoms with van der Waals surface area (Å²) >= 11 is 0. The van der Waals surface area contributed by atoms with Gasteiger partial charge in [-0.3, -0.25) is 9.59 Å². The molecule has 1 fully saturated rings. The van der Waals surface area contributed by atoms with Crippen LogP contribution in [0.2, 0.25) is 0 Å². The fourth-order valence-electron chi connectivity index (χ4n) is 3.42. The number of hydrogen-bond donors (Lipinski definition) is 1. The lowest BCUT2D eigenvalue weighted by Crippen LogP contribution is -2.33. The molecule has 0 spiro atoms. The van der Waals surface area contributed by atoms with Gasteiger partial charge in [0, 0.05) is 12.3 Å². The zero-order valence-corrected chi connectivity index (χ0v) is 16.5. The Morgan fingerprint density at radius 2 is 2.03 bits per heavy atom. The van der Waals surface area contributed by atoms with E-state index in [0.717, 1.165) is 12.8 Å². The summed E-state index contributed by atoms with van der Waals surface area (Å²) in [4.78, 5) is 37.8. The van der Waals surface area contributed by atoms with E-state index in [1.54, 1.807) is 42.2 Å². The van der Waals surface area contributed by atoms with Gasteiger partial charge in [-0.15, -0.1) is 0 Å². The van der Waals surface area contributed by atoms with Gasteiger partial charge in [0.2, 0.25) is 0 Å². The van der Waals surface area contributed by atoms with Crippen molar-refractivity contribution in [2.45, 2.75) is 25.9 Å². The molecule has 1 atom stereocenters. The lowest BCUT2D eigenvalue weighted by atomic mass is 10.0. The Kier molecular flexibility index (Phi) is 6.33. The van der Waals surface area contributed by atoms with E-state index in [4.69, 9.17) is 19.9 Å². The highest BCUT2D eigenvalue weighted by Crippen LogP contribution is 2.33. The Morgan fingerprint density at radius 1 is 1.31 bits per heavy atom. The predicted octanol–water partition coefficient (Wildman–Crippen LogP) is 1.40. The molecule has 0 aliphatic carbocycles. The quantitative estimate of drug-likeness (QED) is 0.548. The van der Waals surface area contributed by atoms with E-state index < -0.39 is 11.9 Å². The number of methoxy groups -OCH3 is 1. The van der Waals surface area contributed by atoms with Crippen LogP contribution in [0.1, 0.15) is 25.3 Å². The maximum Gasteiger partial charge on any atom is 0.340 e. The van der Waals surface area contributed by atoms with Gasteiger partial charge < -0.3 is 24.8 Å². The number of rotatable bonds is 7. The second-order valence-electron chi connectivity index (χ2n) is 6.88. The Hall–Kier alpha value is -3.13. The van der Waals surface area contributed by atoms with Gasteiger partial charge in [-0.05, 0) is 43.5 Å². The maximum atomic E-state index is 13.1. The van der Waals surface area contributed by atoms with Gasteiger partial charge >= 0.3 is 5.97 Å². The minimum Gasteiger partial charge on any atom is -0.484 e. The normalized spacial score (nSPS) is 20.5. The topological polar surface area (TPSA) is 108 Å². The van der Waals surface area contributed by atoms with E-state index in [-0.39, 0.29) is 29.8 Å². The first-order valence-electron chi connectivity index (χ1n) is 9.36. The van der Waals surface area contributed by atoms with E-state index in [0.29, 0.717) is 30.2 Å². The third-order valence-electron chi connectivity index (χ3n) is 4.88. The number of ether oxygens (including phenoxy) is 3. The zero-order valence-electron chi connectivity index (χ0n) is 16.5. The van der Waals surface area contributed by atoms with Crippen LogP contribution < -0.4 is 10.5 Å². The molecule has 2 aliphatic heterocycles. The molecule has 0 unspecified atom stereocenters. The smallest absolute Gasteiger partial charge is 0.340 e. The number of nitrogens with two attached hydrogens (primary N) is 1. The summed E-state index contributed by atoms with van der Waals surface area (Å²) in [6.45, 7) is 2.61. The zero-order chi connectivity index (χ0) is 21.0. The minimum absolute atomic E-state index is 0.0335. The summed E-state index contributed by atoms with van der Waals surface area (Å²) in [6, 6.07) is 6.77. The van der Waals surface area contributed by atoms with Crippen molar-refractivity contribution in [3.8, 4) is 5.75 Å². The Labute approximate surface area is 168 Å². The van der Waals surface area contributed by atoms with Crippen LogP contribution in [0.4, 0.5) is 0 Å². The van der Waals surface area contributed by atoms with Gasteiger partial charge in [-0.1, -0.05) is 12.1 Å². The third-order valence-corrected chi connectivity index (χ3v) is 4.88. The van der Waals surface area contributed by atoms with Crippen molar-refractivity contribution >= 4 is 23.9 Å². The molecule has 2 amide bonds. The van der Waals surface area contributed by atoms with E-state index in [2.05, 4.69) is 0 Å². The van der Waals surface area contributed by atoms with Crippen molar-refractivity contribution in [3.05, 3.63) is 46.7 Å². The maximum absolute atomic E-state index is 13.1. The fourth-order valence-corrected chi connectivity index (χ4v) is 3.42. The molecular weight excluding hydrogens is 376 g/mol. The van der Waals surface area contributed by atoms with Crippen LogP contribution in [-0.4, -0.2) is 55.7 Å². The molecule has 0 radical (unpaired) electrons. The molecule has 3 rings (SSSR count). The number of hydrogen-bond acceptors (Lipinski definition) is 6. The summed E-state index contributed by atoms with van der Waals surface area (Å²) in [5, 5.41) is 0. The van der Waals surface area contributed by atoms with Crippen molar-refractivity contribution in [3.63, 3.8) is 0 Å². The standard InChI is InChI=1S/C21H24N2O6/c1-13-19(21(26)27-2)17(20(25)23(13)11-16-4-3-9-28-16)10-14-5-7-15(8-6-14)29-12-18(22)24/h5-8,10,16H,3-4,9,11-12H2,1-2H3,(H2,22,24)/b17-10-/t16-/m1/s1. The number of carbonyl (C=O) groups is 3. The Balaban J connectivity index is 1.86. The molecule has 0 aromatic heterocycles. The van der Waals surface area contributed by atoms with Gasteiger partial charge in [-0.2, -0.15) is 0 Å². The highest BCUT2D eigenvalue weighted by molar-refractivity contribution is 6.16. The number of esters is 1. The summed E-state index contributed by atoms with van der Waals surface area (Å²) in [7, 11) is 1.29. The first-order valence-corrected chi connectivity index (χ1v) is 9.36. The molecule has 0 saturated carbocycles. The average Bonchev–Trinajstić information content (AvgIpc) is 3.30. The van der Waals surface area contributed by atoms with Crippen molar-refractivity contribution in [1.82, 2.24) is 4.90 Å². The fraction of sp³-hybridized carbons (Fsp3) is 0.381. The van der Waals surface area contributed by atoms with Gasteiger partial charge in [-0.25, -0.2) is 4.79 Å². The van der Waals surface area contributed by atoms with Crippen LogP contribution >= 0.6 is 0 Å². The van der Waals surface area contributed by atoms with E-state index >= 15 is 0 Å². The molecule has 2 N–H and O–H groups in total. The van der Waals surface area contributed by atoms with E-state index in [9.17, 15) is 14.4 Å². The molecule has 8 heteroatoms. The van der Waals surface area contributed by atoms with Crippen LogP contribution in [0.5, 0.6) is 5.75 Å². The lowest BCUT2D eigenvalue weighted by Gasteiger charge is -2.21. The number of nitrogens with zero attached hydrogens (tertiary/aromatic N) is 1. The van der Waals surface area contributed by atoms with Crippen molar-refractivity contribution in [2.75, 3.05) is 26.9 Å². The van der Waals surface area contributed by atoms with Crippen LogP contribution in [0.15, 0.2) is 41.1 Å². The van der Waals surface area contributed by atoms with Gasteiger partial charge in [0.15, 0.2) is 6.61 Å². The summed E-state index contributed by atoms with van der Waals surface area (Å²) in [6.07, 6.45) is 3.46. The highest BCUT2D eigenvalue weighted by Gasteiger charge is 2.38. The van der Waals surface area contributed by atoms with Crippen molar-refractivity contribution in [2.24, 2.45) is 5.73 Å². The molecule has 1 aromatic carbocycles. The molecule has 1 aromatic rings. The Morgan fingerprint density at radius 3 is 2.62 bits per heavy atom. The van der Waals surface area contributed by atoms with Crippen molar-refractivity contribution in [1.29, 1.82) is 0 Å². The van der Waals surface area contributed by atoms with E-state index in [1.165, 1.54) is 7.11 Å². The predicted molar refractivity (Wildman–Crippen MR) is 105 cm³/mol. The molecule has 0 bridgehead atoms. The molecule has 2 aliphatic rings. The summed E-state index contributed by atoms with van der Waals surface area (Å²) in [5.74, 6) is -0.906. The highest BCUT2D eigenvalue weighted by atomic mass is 16.5. The molecule has 2 heterocycles. The first kappa shape index (κ1) is 20.6. The monoisotopic (exact) mass is 400 g/mol. The first-order chi connectivity index (χ1) is 13.9. The summed E-state index contributed by atoms with van der Waals surface area (Å²) < 4.78 is 15.8. The van der Waals surface area contributed by atoms with Gasteiger partial charge in [0.05, 0.1) is 30.9 Å². The number of carbonyl (C=O) groups excluding carboxylic acids is 3. The second-order valence-corrected chi connectivity index (χ2v) is 6.88. The third kappa shape index (κ3) is 4.65. The van der Waals surface area contributed by atoms with Gasteiger partial charge in [0.25, 0.3) is 11.8 Å². The van der Waals surface area contributed by atoms with Crippen LogP contribution in [-0.2, 0) is 23.9 Å². The molecule has 1 saturated heterocycles. The molecular formula is C21H24N2O6. The number of amides is 2. The summed E-state index contributed by atoms with van der Waals surface area (Å²) in [5.41, 5.74) is 6.85. The van der Waals surface area contributed by atoms with Crippen LogP contribution in [0.25, 0.3) is 6.08 Å². The van der Waals surface area contributed by atoms with Crippen LogP contribution in [0, 0.1) is 0 Å². The Bertz CT molecular complexity index is 866. The van der Waals surface area contributed by atoms with Crippen molar-refractivity contribution < 1.29 is 28.6 Å². The SMILES string of the molecule is COC(=O)C1=C(C)N(C[C@H]2CCCO2)C(=O)/C1=C\c1ccc(OCC(N)=O)cc1. The molecule has 8 nitrogen and oxygen atoms in total. The minimum atomic E-state index is -0.567. The van der Waals surface area contributed by atoms with E-state index in [1.807, 2.05) is 0 Å².